The number of ether oxygens (including phenoxy) is 1. The normalized spacial score (nSPS) is 19.9. The van der Waals surface area contributed by atoms with Crippen LogP contribution in [0.3, 0.4) is 0 Å². The first-order valence-corrected chi connectivity index (χ1v) is 7.56. The van der Waals surface area contributed by atoms with E-state index in [4.69, 9.17) is 0 Å². The second-order valence-corrected chi connectivity index (χ2v) is 5.41. The zero-order valence-electron chi connectivity index (χ0n) is 12.2. The maximum absolute atomic E-state index is 11.4. The predicted octanol–water partition coefficient (Wildman–Crippen LogP) is 4.16. The highest BCUT2D eigenvalue weighted by Gasteiger charge is 2.34. The molecule has 1 heterocycles. The van der Waals surface area contributed by atoms with Gasteiger partial charge in [0.05, 0.1) is 12.3 Å². The van der Waals surface area contributed by atoms with Gasteiger partial charge in [-0.2, -0.15) is 0 Å². The van der Waals surface area contributed by atoms with Crippen molar-refractivity contribution in [2.45, 2.75) is 71.6 Å². The van der Waals surface area contributed by atoms with Gasteiger partial charge in [0, 0.05) is 0 Å². The fourth-order valence-electron chi connectivity index (χ4n) is 2.40. The molecule has 0 aliphatic carbocycles. The van der Waals surface area contributed by atoms with Crippen LogP contribution in [-0.2, 0) is 14.3 Å². The summed E-state index contributed by atoms with van der Waals surface area (Å²) in [6.45, 7) is 4.15. The minimum atomic E-state index is -0.390. The SMILES string of the molecule is CCCCCCCCC/C=C(\C)C1CC(=O)OC1=O. The average Bonchev–Trinajstić information content (AvgIpc) is 2.71. The summed E-state index contributed by atoms with van der Waals surface area (Å²) in [5, 5.41) is 0. The van der Waals surface area contributed by atoms with Crippen LogP contribution in [0.15, 0.2) is 11.6 Å². The molecule has 1 aliphatic heterocycles. The minimum Gasteiger partial charge on any atom is -0.393 e. The van der Waals surface area contributed by atoms with Crippen molar-refractivity contribution in [1.82, 2.24) is 0 Å². The molecule has 1 atom stereocenters. The van der Waals surface area contributed by atoms with Gasteiger partial charge < -0.3 is 4.74 Å². The van der Waals surface area contributed by atoms with Gasteiger partial charge >= 0.3 is 11.9 Å². The third-order valence-electron chi connectivity index (χ3n) is 3.69. The van der Waals surface area contributed by atoms with Crippen LogP contribution in [0, 0.1) is 5.92 Å². The van der Waals surface area contributed by atoms with Gasteiger partial charge in [-0.1, -0.05) is 57.1 Å². The van der Waals surface area contributed by atoms with Gasteiger partial charge in [-0.15, -0.1) is 0 Å². The lowest BCUT2D eigenvalue weighted by Gasteiger charge is -2.05. The molecule has 0 saturated carbocycles. The van der Waals surface area contributed by atoms with Crippen molar-refractivity contribution in [3.8, 4) is 0 Å². The quantitative estimate of drug-likeness (QED) is 0.272. The monoisotopic (exact) mass is 266 g/mol. The summed E-state index contributed by atoms with van der Waals surface area (Å²) in [6.07, 6.45) is 12.3. The van der Waals surface area contributed by atoms with Crippen LogP contribution in [0.25, 0.3) is 0 Å². The van der Waals surface area contributed by atoms with E-state index in [0.29, 0.717) is 0 Å². The Morgan fingerprint density at radius 1 is 1.16 bits per heavy atom. The zero-order valence-corrected chi connectivity index (χ0v) is 12.2. The van der Waals surface area contributed by atoms with Crippen LogP contribution in [0.2, 0.25) is 0 Å². The molecule has 0 aromatic carbocycles. The van der Waals surface area contributed by atoms with Crippen molar-refractivity contribution < 1.29 is 14.3 Å². The highest BCUT2D eigenvalue weighted by atomic mass is 16.6. The molecule has 0 N–H and O–H groups in total. The Morgan fingerprint density at radius 3 is 2.37 bits per heavy atom. The molecule has 0 radical (unpaired) electrons. The molecule has 1 fully saturated rings. The van der Waals surface area contributed by atoms with Gasteiger partial charge in [-0.25, -0.2) is 0 Å². The van der Waals surface area contributed by atoms with Crippen LogP contribution < -0.4 is 0 Å². The Labute approximate surface area is 116 Å². The molecule has 0 amide bonds. The van der Waals surface area contributed by atoms with Gasteiger partial charge in [0.15, 0.2) is 0 Å². The number of carbonyl (C=O) groups excluding carboxylic acids is 2. The van der Waals surface area contributed by atoms with Crippen molar-refractivity contribution in [2.75, 3.05) is 0 Å². The van der Waals surface area contributed by atoms with E-state index in [2.05, 4.69) is 17.7 Å². The van der Waals surface area contributed by atoms with Gasteiger partial charge in [0.1, 0.15) is 0 Å². The van der Waals surface area contributed by atoms with Gasteiger partial charge in [-0.05, 0) is 19.8 Å². The number of carbonyl (C=O) groups is 2. The van der Waals surface area contributed by atoms with E-state index in [-0.39, 0.29) is 18.3 Å². The van der Waals surface area contributed by atoms with Crippen molar-refractivity contribution in [2.24, 2.45) is 5.92 Å². The van der Waals surface area contributed by atoms with Gasteiger partial charge in [0.2, 0.25) is 0 Å². The summed E-state index contributed by atoms with van der Waals surface area (Å²) in [7, 11) is 0. The Balaban J connectivity index is 2.11. The van der Waals surface area contributed by atoms with Crippen molar-refractivity contribution in [1.29, 1.82) is 0 Å². The number of hydrogen-bond acceptors (Lipinski definition) is 3. The summed E-state index contributed by atoms with van der Waals surface area (Å²) in [5.41, 5.74) is 0.988. The molecule has 0 aromatic heterocycles. The van der Waals surface area contributed by atoms with E-state index in [9.17, 15) is 9.59 Å². The molecular weight excluding hydrogens is 240 g/mol. The molecule has 108 valence electrons. The van der Waals surface area contributed by atoms with Crippen LogP contribution in [0.5, 0.6) is 0 Å². The summed E-state index contributed by atoms with van der Waals surface area (Å²) in [6, 6.07) is 0. The molecule has 1 unspecified atom stereocenters. The lowest BCUT2D eigenvalue weighted by atomic mass is 9.97. The number of unbranched alkanes of at least 4 members (excludes halogenated alkanes) is 7. The fraction of sp³-hybridized carbons (Fsp3) is 0.750. The van der Waals surface area contributed by atoms with Crippen molar-refractivity contribution in [3.05, 3.63) is 11.6 Å². The van der Waals surface area contributed by atoms with E-state index in [0.717, 1.165) is 12.0 Å². The summed E-state index contributed by atoms with van der Waals surface area (Å²) in [5.74, 6) is -1.09. The molecule has 3 nitrogen and oxygen atoms in total. The first-order chi connectivity index (χ1) is 9.15. The lowest BCUT2D eigenvalue weighted by Crippen LogP contribution is -2.08. The molecule has 1 rings (SSSR count). The third-order valence-corrected chi connectivity index (χ3v) is 3.69. The molecule has 19 heavy (non-hydrogen) atoms. The van der Waals surface area contributed by atoms with E-state index in [1.807, 2.05) is 6.92 Å². The second kappa shape index (κ2) is 8.89. The number of hydrogen-bond donors (Lipinski definition) is 0. The predicted molar refractivity (Wildman–Crippen MR) is 75.6 cm³/mol. The topological polar surface area (TPSA) is 43.4 Å². The largest absolute Gasteiger partial charge is 0.393 e. The van der Waals surface area contributed by atoms with Crippen LogP contribution in [0.1, 0.15) is 71.6 Å². The van der Waals surface area contributed by atoms with Crippen LogP contribution in [0.4, 0.5) is 0 Å². The first-order valence-electron chi connectivity index (χ1n) is 7.56. The van der Waals surface area contributed by atoms with Crippen LogP contribution in [-0.4, -0.2) is 11.9 Å². The molecule has 3 heteroatoms. The fourth-order valence-corrected chi connectivity index (χ4v) is 2.40. The third kappa shape index (κ3) is 6.04. The van der Waals surface area contributed by atoms with E-state index in [1.54, 1.807) is 0 Å². The van der Waals surface area contributed by atoms with Crippen molar-refractivity contribution in [3.63, 3.8) is 0 Å². The number of allylic oxidation sites excluding steroid dienone is 1. The van der Waals surface area contributed by atoms with E-state index >= 15 is 0 Å². The maximum atomic E-state index is 11.4. The van der Waals surface area contributed by atoms with Crippen molar-refractivity contribution >= 4 is 11.9 Å². The maximum Gasteiger partial charge on any atom is 0.321 e. The Morgan fingerprint density at radius 2 is 1.79 bits per heavy atom. The number of esters is 2. The molecule has 0 spiro atoms. The van der Waals surface area contributed by atoms with E-state index < -0.39 is 5.97 Å². The van der Waals surface area contributed by atoms with Gasteiger partial charge in [-0.3, -0.25) is 9.59 Å². The Bertz CT molecular complexity index is 331. The average molecular weight is 266 g/mol. The number of cyclic esters (lactones) is 2. The Kier molecular flexibility index (Phi) is 7.46. The summed E-state index contributed by atoms with van der Waals surface area (Å²) in [4.78, 5) is 22.4. The summed E-state index contributed by atoms with van der Waals surface area (Å²) < 4.78 is 4.56. The van der Waals surface area contributed by atoms with Crippen LogP contribution >= 0.6 is 0 Å². The summed E-state index contributed by atoms with van der Waals surface area (Å²) >= 11 is 0. The molecule has 1 aliphatic rings. The highest BCUT2D eigenvalue weighted by molar-refractivity contribution is 5.96. The Hall–Kier alpha value is -1.12. The second-order valence-electron chi connectivity index (χ2n) is 5.41. The molecule has 1 saturated heterocycles. The molecular formula is C16H26O3. The standard InChI is InChI=1S/C16H26O3/c1-3-4-5-6-7-8-9-10-11-13(2)14-12-15(17)19-16(14)18/h11,14H,3-10,12H2,1-2H3/b13-11+. The number of rotatable bonds is 9. The molecule has 0 bridgehead atoms. The first kappa shape index (κ1) is 15.9. The smallest absolute Gasteiger partial charge is 0.321 e. The minimum absolute atomic E-state index is 0.220. The highest BCUT2D eigenvalue weighted by Crippen LogP contribution is 2.24. The van der Waals surface area contributed by atoms with E-state index in [1.165, 1.54) is 44.9 Å². The molecule has 0 aromatic rings. The lowest BCUT2D eigenvalue weighted by molar-refractivity contribution is -0.152. The van der Waals surface area contributed by atoms with Gasteiger partial charge in [0.25, 0.3) is 0 Å². The zero-order chi connectivity index (χ0) is 14.1.